The van der Waals surface area contributed by atoms with Crippen LogP contribution in [0, 0.1) is 20.8 Å². The molecular formula is C34H29O2P. The van der Waals surface area contributed by atoms with Crippen LogP contribution in [0.5, 0.6) is 0 Å². The minimum atomic E-state index is -3.67. The Kier molecular flexibility index (Phi) is 6.78. The largest absolute Gasteiger partial charge is 0.305 e. The van der Waals surface area contributed by atoms with Crippen molar-refractivity contribution in [3.8, 4) is 22.3 Å². The molecule has 0 fully saturated rings. The molecule has 0 heterocycles. The molecule has 0 aliphatic carbocycles. The quantitative estimate of drug-likeness (QED) is 0.221. The third-order valence-corrected chi connectivity index (χ3v) is 9.96. The molecule has 0 aliphatic rings. The van der Waals surface area contributed by atoms with Gasteiger partial charge in [-0.1, -0.05) is 121 Å². The molecule has 0 N–H and O–H groups in total. The maximum atomic E-state index is 15.1. The van der Waals surface area contributed by atoms with Gasteiger partial charge in [-0.25, -0.2) is 0 Å². The molecule has 0 aliphatic heterocycles. The Balaban J connectivity index is 1.87. The van der Waals surface area contributed by atoms with Gasteiger partial charge in [0.15, 0.2) is 0 Å². The summed E-state index contributed by atoms with van der Waals surface area (Å²) in [6, 6.07) is 38.7. The van der Waals surface area contributed by atoms with E-state index in [1.165, 1.54) is 0 Å². The van der Waals surface area contributed by atoms with Crippen LogP contribution in [0.3, 0.4) is 0 Å². The summed E-state index contributed by atoms with van der Waals surface area (Å²) in [5.41, 5.74) is 7.15. The van der Waals surface area contributed by atoms with Crippen LogP contribution in [0.15, 0.2) is 121 Å². The average Bonchev–Trinajstić information content (AvgIpc) is 2.94. The number of hydrogen-bond donors (Lipinski definition) is 0. The number of rotatable bonds is 6. The zero-order valence-electron chi connectivity index (χ0n) is 21.3. The Morgan fingerprint density at radius 3 is 1.16 bits per heavy atom. The highest BCUT2D eigenvalue weighted by Crippen LogP contribution is 2.50. The van der Waals surface area contributed by atoms with E-state index in [4.69, 9.17) is 0 Å². The van der Waals surface area contributed by atoms with E-state index in [0.29, 0.717) is 16.2 Å². The minimum absolute atomic E-state index is 0.325. The van der Waals surface area contributed by atoms with Gasteiger partial charge in [0, 0.05) is 16.2 Å². The molecule has 182 valence electrons. The van der Waals surface area contributed by atoms with Crippen molar-refractivity contribution in [2.24, 2.45) is 0 Å². The standard InChI is InChI=1S/C34H29O2P/c1-24-31(27-16-8-4-9-17-27)25(2)33(26(3)32(24)28-18-10-5-11-19-28)34(35)37(36,29-20-12-6-13-21-29)30-22-14-7-15-23-30/h4-23H,1-3H3. The van der Waals surface area contributed by atoms with Crippen LogP contribution in [0.1, 0.15) is 27.0 Å². The van der Waals surface area contributed by atoms with Gasteiger partial charge in [0.2, 0.25) is 12.7 Å². The van der Waals surface area contributed by atoms with Gasteiger partial charge >= 0.3 is 0 Å². The predicted octanol–water partition coefficient (Wildman–Crippen LogP) is 8.10. The SMILES string of the molecule is Cc1c(C(=O)P(=O)(c2ccccc2)c2ccccc2)c(C)c(-c2ccccc2)c(C)c1-c1ccccc1. The predicted molar refractivity (Wildman–Crippen MR) is 156 cm³/mol. The molecule has 0 amide bonds. The van der Waals surface area contributed by atoms with Crippen molar-refractivity contribution < 1.29 is 9.36 Å². The van der Waals surface area contributed by atoms with Crippen molar-refractivity contribution in [2.75, 3.05) is 0 Å². The third-order valence-electron chi connectivity index (χ3n) is 7.11. The van der Waals surface area contributed by atoms with Gasteiger partial charge in [0.25, 0.3) is 0 Å². The van der Waals surface area contributed by atoms with Crippen molar-refractivity contribution >= 4 is 23.3 Å². The van der Waals surface area contributed by atoms with E-state index in [-0.39, 0.29) is 5.52 Å². The van der Waals surface area contributed by atoms with Crippen molar-refractivity contribution in [3.05, 3.63) is 144 Å². The molecule has 37 heavy (non-hydrogen) atoms. The van der Waals surface area contributed by atoms with E-state index in [0.717, 1.165) is 38.9 Å². The van der Waals surface area contributed by atoms with Crippen LogP contribution in [0.4, 0.5) is 0 Å². The highest BCUT2D eigenvalue weighted by molar-refractivity contribution is 7.93. The first-order valence-corrected chi connectivity index (χ1v) is 14.2. The Morgan fingerprint density at radius 1 is 0.486 bits per heavy atom. The van der Waals surface area contributed by atoms with Crippen LogP contribution in [0.25, 0.3) is 22.3 Å². The fourth-order valence-electron chi connectivity index (χ4n) is 5.43. The highest BCUT2D eigenvalue weighted by Gasteiger charge is 2.39. The van der Waals surface area contributed by atoms with Crippen molar-refractivity contribution in [2.45, 2.75) is 20.8 Å². The molecule has 0 atom stereocenters. The summed E-state index contributed by atoms with van der Waals surface area (Å²) in [5, 5.41) is 1.10. The van der Waals surface area contributed by atoms with Gasteiger partial charge in [-0.3, -0.25) is 4.79 Å². The number of benzene rings is 5. The molecule has 0 bridgehead atoms. The fraction of sp³-hybridized carbons (Fsp3) is 0.0882. The van der Waals surface area contributed by atoms with Gasteiger partial charge < -0.3 is 4.57 Å². The molecule has 5 aromatic rings. The zero-order chi connectivity index (χ0) is 26.0. The first-order valence-electron chi connectivity index (χ1n) is 12.5. The smallest absolute Gasteiger partial charge is 0.230 e. The van der Waals surface area contributed by atoms with E-state index in [1.807, 2.05) is 86.6 Å². The van der Waals surface area contributed by atoms with Gasteiger partial charge in [0.1, 0.15) is 0 Å². The number of carbonyl (C=O) groups is 1. The Hall–Kier alpha value is -4.00. The molecule has 5 rings (SSSR count). The maximum Gasteiger partial charge on any atom is 0.230 e. The van der Waals surface area contributed by atoms with E-state index >= 15 is 4.57 Å². The zero-order valence-corrected chi connectivity index (χ0v) is 22.2. The molecule has 0 saturated heterocycles. The molecule has 2 nitrogen and oxygen atoms in total. The van der Waals surface area contributed by atoms with Crippen LogP contribution >= 0.6 is 7.14 Å². The summed E-state index contributed by atoms with van der Waals surface area (Å²) >= 11 is 0. The second-order valence-corrected chi connectivity index (χ2v) is 12.0. The summed E-state index contributed by atoms with van der Waals surface area (Å²) in [4.78, 5) is 14.7. The summed E-state index contributed by atoms with van der Waals surface area (Å²) < 4.78 is 15.1. The monoisotopic (exact) mass is 500 g/mol. The summed E-state index contributed by atoms with van der Waals surface area (Å²) in [6.45, 7) is 6.10. The second kappa shape index (κ2) is 10.2. The first-order chi connectivity index (χ1) is 17.9. The third kappa shape index (κ3) is 4.28. The van der Waals surface area contributed by atoms with Crippen molar-refractivity contribution in [3.63, 3.8) is 0 Å². The lowest BCUT2D eigenvalue weighted by atomic mass is 9.83. The number of hydrogen-bond acceptors (Lipinski definition) is 2. The lowest BCUT2D eigenvalue weighted by Crippen LogP contribution is -2.24. The van der Waals surface area contributed by atoms with E-state index in [9.17, 15) is 4.79 Å². The first kappa shape index (κ1) is 24.7. The van der Waals surface area contributed by atoms with E-state index in [2.05, 4.69) is 31.2 Å². The summed E-state index contributed by atoms with van der Waals surface area (Å²) in [6.07, 6.45) is 0. The average molecular weight is 501 g/mol. The van der Waals surface area contributed by atoms with Gasteiger partial charge in [-0.15, -0.1) is 0 Å². The lowest BCUT2D eigenvalue weighted by molar-refractivity contribution is 0.107. The normalized spacial score (nSPS) is 11.3. The highest BCUT2D eigenvalue weighted by atomic mass is 31.2. The van der Waals surface area contributed by atoms with Crippen LogP contribution < -0.4 is 10.6 Å². The van der Waals surface area contributed by atoms with Crippen LogP contribution in [0.2, 0.25) is 0 Å². The van der Waals surface area contributed by atoms with Gasteiger partial charge in [0.05, 0.1) is 0 Å². The van der Waals surface area contributed by atoms with Gasteiger partial charge in [-0.2, -0.15) is 0 Å². The van der Waals surface area contributed by atoms with Crippen molar-refractivity contribution in [1.82, 2.24) is 0 Å². The molecule has 0 spiro atoms. The molecule has 3 heteroatoms. The topological polar surface area (TPSA) is 34.1 Å². The van der Waals surface area contributed by atoms with Crippen LogP contribution in [-0.4, -0.2) is 5.52 Å². The molecule has 0 saturated carbocycles. The summed E-state index contributed by atoms with van der Waals surface area (Å²) in [5.74, 6) is 0. The van der Waals surface area contributed by atoms with Crippen LogP contribution in [-0.2, 0) is 4.57 Å². The Morgan fingerprint density at radius 2 is 0.811 bits per heavy atom. The van der Waals surface area contributed by atoms with Crippen molar-refractivity contribution in [1.29, 1.82) is 0 Å². The number of carbonyl (C=O) groups excluding carboxylic acids is 1. The molecule has 0 radical (unpaired) electrons. The Labute approximate surface area is 219 Å². The van der Waals surface area contributed by atoms with Gasteiger partial charge in [-0.05, 0) is 59.7 Å². The van der Waals surface area contributed by atoms with E-state index < -0.39 is 7.14 Å². The molecule has 5 aromatic carbocycles. The molecular weight excluding hydrogens is 471 g/mol. The molecule has 0 unspecified atom stereocenters. The molecule has 0 aromatic heterocycles. The summed E-state index contributed by atoms with van der Waals surface area (Å²) in [7, 11) is -3.67. The lowest BCUT2D eigenvalue weighted by Gasteiger charge is -2.25. The van der Waals surface area contributed by atoms with E-state index in [1.54, 1.807) is 24.3 Å². The maximum absolute atomic E-state index is 15.1. The fourth-order valence-corrected chi connectivity index (χ4v) is 8.03. The second-order valence-electron chi connectivity index (χ2n) is 9.32. The minimum Gasteiger partial charge on any atom is -0.305 e. The Bertz CT molecular complexity index is 1500.